The molecule has 0 unspecified atom stereocenters. The van der Waals surface area contributed by atoms with Gasteiger partial charge in [0.15, 0.2) is 0 Å². The standard InChI is InChI=1S/C20H16N4O2/c1-14(20(26)22-17-9-5-6-15(12-17)13-21)24-19(25)11-10-18(23-24)16-7-3-2-4-8-16/h2-12,14H,1H3,(H,22,26)/t14-/m1/s1. The van der Waals surface area contributed by atoms with E-state index in [4.69, 9.17) is 5.26 Å². The van der Waals surface area contributed by atoms with Crippen LogP contribution in [0.2, 0.25) is 0 Å². The largest absolute Gasteiger partial charge is 0.324 e. The van der Waals surface area contributed by atoms with Crippen LogP contribution in [0.5, 0.6) is 0 Å². The Morgan fingerprint density at radius 1 is 1.12 bits per heavy atom. The Bertz CT molecular complexity index is 1040. The van der Waals surface area contributed by atoms with Crippen LogP contribution >= 0.6 is 0 Å². The van der Waals surface area contributed by atoms with Gasteiger partial charge in [-0.2, -0.15) is 10.4 Å². The first-order chi connectivity index (χ1) is 12.6. The number of carbonyl (C=O) groups excluding carboxylic acids is 1. The van der Waals surface area contributed by atoms with Gasteiger partial charge in [0, 0.05) is 17.3 Å². The van der Waals surface area contributed by atoms with Crippen LogP contribution < -0.4 is 10.9 Å². The number of nitrogens with one attached hydrogen (secondary N) is 1. The molecule has 0 aliphatic rings. The molecule has 3 aromatic rings. The van der Waals surface area contributed by atoms with E-state index >= 15 is 0 Å². The summed E-state index contributed by atoms with van der Waals surface area (Å²) in [4.78, 5) is 24.7. The maximum atomic E-state index is 12.5. The van der Waals surface area contributed by atoms with E-state index < -0.39 is 6.04 Å². The predicted molar refractivity (Wildman–Crippen MR) is 98.4 cm³/mol. The summed E-state index contributed by atoms with van der Waals surface area (Å²) in [5.41, 5.74) is 2.04. The van der Waals surface area contributed by atoms with E-state index in [1.54, 1.807) is 37.3 Å². The third-order valence-corrected chi connectivity index (χ3v) is 3.90. The monoisotopic (exact) mass is 344 g/mol. The Kier molecular flexibility index (Phi) is 4.90. The van der Waals surface area contributed by atoms with Gasteiger partial charge in [0.25, 0.3) is 5.56 Å². The highest BCUT2D eigenvalue weighted by molar-refractivity contribution is 5.93. The summed E-state index contributed by atoms with van der Waals surface area (Å²) < 4.78 is 1.16. The van der Waals surface area contributed by atoms with Gasteiger partial charge in [0.2, 0.25) is 5.91 Å². The minimum absolute atomic E-state index is 0.363. The van der Waals surface area contributed by atoms with Crippen molar-refractivity contribution in [3.63, 3.8) is 0 Å². The maximum Gasteiger partial charge on any atom is 0.267 e. The van der Waals surface area contributed by atoms with Crippen LogP contribution in [0.1, 0.15) is 18.5 Å². The van der Waals surface area contributed by atoms with Gasteiger partial charge in [-0.05, 0) is 31.2 Å². The SMILES string of the molecule is C[C@H](C(=O)Nc1cccc(C#N)c1)n1nc(-c2ccccc2)ccc1=O. The summed E-state index contributed by atoms with van der Waals surface area (Å²) in [6.45, 7) is 1.60. The molecule has 1 heterocycles. The second-order valence-corrected chi connectivity index (χ2v) is 5.73. The third kappa shape index (κ3) is 3.68. The molecule has 0 radical (unpaired) electrons. The lowest BCUT2D eigenvalue weighted by atomic mass is 10.1. The van der Waals surface area contributed by atoms with E-state index in [1.165, 1.54) is 6.07 Å². The van der Waals surface area contributed by atoms with E-state index in [9.17, 15) is 9.59 Å². The first kappa shape index (κ1) is 17.1. The van der Waals surface area contributed by atoms with Gasteiger partial charge in [-0.15, -0.1) is 0 Å². The molecule has 26 heavy (non-hydrogen) atoms. The van der Waals surface area contributed by atoms with Crippen LogP contribution in [0.15, 0.2) is 71.5 Å². The number of anilines is 1. The van der Waals surface area contributed by atoms with Crippen LogP contribution in [0.3, 0.4) is 0 Å². The van der Waals surface area contributed by atoms with Crippen molar-refractivity contribution < 1.29 is 4.79 Å². The van der Waals surface area contributed by atoms with Crippen molar-refractivity contribution in [1.29, 1.82) is 5.26 Å². The van der Waals surface area contributed by atoms with Gasteiger partial charge in [0.1, 0.15) is 6.04 Å². The highest BCUT2D eigenvalue weighted by Gasteiger charge is 2.18. The molecule has 3 rings (SSSR count). The molecule has 2 aromatic carbocycles. The Hall–Kier alpha value is -3.72. The molecule has 1 N–H and O–H groups in total. The molecule has 0 spiro atoms. The lowest BCUT2D eigenvalue weighted by Crippen LogP contribution is -2.33. The van der Waals surface area contributed by atoms with Crippen LogP contribution in [-0.2, 0) is 4.79 Å². The lowest BCUT2D eigenvalue weighted by molar-refractivity contribution is -0.119. The van der Waals surface area contributed by atoms with Crippen molar-refractivity contribution in [3.8, 4) is 17.3 Å². The number of carbonyl (C=O) groups is 1. The van der Waals surface area contributed by atoms with Gasteiger partial charge < -0.3 is 5.32 Å². The second kappa shape index (κ2) is 7.45. The molecule has 0 bridgehead atoms. The summed E-state index contributed by atoms with van der Waals surface area (Å²) in [7, 11) is 0. The van der Waals surface area contributed by atoms with Crippen LogP contribution in [0.4, 0.5) is 5.69 Å². The minimum atomic E-state index is -0.808. The fourth-order valence-corrected chi connectivity index (χ4v) is 2.49. The highest BCUT2D eigenvalue weighted by Crippen LogP contribution is 2.16. The number of benzene rings is 2. The van der Waals surface area contributed by atoms with Crippen LogP contribution in [0.25, 0.3) is 11.3 Å². The van der Waals surface area contributed by atoms with Gasteiger partial charge >= 0.3 is 0 Å². The fourth-order valence-electron chi connectivity index (χ4n) is 2.49. The first-order valence-corrected chi connectivity index (χ1v) is 8.05. The average molecular weight is 344 g/mol. The first-order valence-electron chi connectivity index (χ1n) is 8.05. The number of nitriles is 1. The molecule has 128 valence electrons. The maximum absolute atomic E-state index is 12.5. The molecule has 0 saturated carbocycles. The topological polar surface area (TPSA) is 87.8 Å². The Labute approximate surface area is 150 Å². The van der Waals surface area contributed by atoms with Crippen molar-refractivity contribution in [2.45, 2.75) is 13.0 Å². The van der Waals surface area contributed by atoms with Crippen molar-refractivity contribution in [1.82, 2.24) is 9.78 Å². The molecule has 0 aliphatic heterocycles. The third-order valence-electron chi connectivity index (χ3n) is 3.90. The zero-order valence-electron chi connectivity index (χ0n) is 14.1. The van der Waals surface area contributed by atoms with Crippen molar-refractivity contribution in [3.05, 3.63) is 82.6 Å². The summed E-state index contributed by atoms with van der Waals surface area (Å²) in [6.07, 6.45) is 0. The predicted octanol–water partition coefficient (Wildman–Crippen LogP) is 2.98. The number of amides is 1. The Morgan fingerprint density at radius 2 is 1.88 bits per heavy atom. The van der Waals surface area contributed by atoms with E-state index in [1.807, 2.05) is 36.4 Å². The molecule has 6 nitrogen and oxygen atoms in total. The molecule has 0 fully saturated rings. The number of hydrogen-bond acceptors (Lipinski definition) is 4. The van der Waals surface area contributed by atoms with E-state index in [0.29, 0.717) is 16.9 Å². The van der Waals surface area contributed by atoms with E-state index in [-0.39, 0.29) is 11.5 Å². The van der Waals surface area contributed by atoms with E-state index in [0.717, 1.165) is 10.2 Å². The summed E-state index contributed by atoms with van der Waals surface area (Å²) in [5, 5.41) is 16.0. The van der Waals surface area contributed by atoms with E-state index in [2.05, 4.69) is 10.4 Å². The van der Waals surface area contributed by atoms with Crippen molar-refractivity contribution in [2.24, 2.45) is 0 Å². The fraction of sp³-hybridized carbons (Fsp3) is 0.100. The summed E-state index contributed by atoms with van der Waals surface area (Å²) in [5.74, 6) is -0.389. The lowest BCUT2D eigenvalue weighted by Gasteiger charge is -2.15. The van der Waals surface area contributed by atoms with Gasteiger partial charge in [-0.3, -0.25) is 9.59 Å². The summed E-state index contributed by atoms with van der Waals surface area (Å²) in [6, 6.07) is 20.2. The number of rotatable bonds is 4. The number of hydrogen-bond donors (Lipinski definition) is 1. The van der Waals surface area contributed by atoms with Gasteiger partial charge in [-0.25, -0.2) is 4.68 Å². The van der Waals surface area contributed by atoms with Gasteiger partial charge in [-0.1, -0.05) is 36.4 Å². The molecule has 6 heteroatoms. The van der Waals surface area contributed by atoms with Crippen molar-refractivity contribution in [2.75, 3.05) is 5.32 Å². The van der Waals surface area contributed by atoms with Crippen molar-refractivity contribution >= 4 is 11.6 Å². The molecular formula is C20H16N4O2. The molecule has 1 amide bonds. The Morgan fingerprint density at radius 3 is 2.62 bits per heavy atom. The average Bonchev–Trinajstić information content (AvgIpc) is 2.68. The van der Waals surface area contributed by atoms with Crippen LogP contribution in [-0.4, -0.2) is 15.7 Å². The molecule has 0 aliphatic carbocycles. The Balaban J connectivity index is 1.87. The second-order valence-electron chi connectivity index (χ2n) is 5.73. The molecule has 1 atom stereocenters. The smallest absolute Gasteiger partial charge is 0.267 e. The van der Waals surface area contributed by atoms with Gasteiger partial charge in [0.05, 0.1) is 17.3 Å². The zero-order valence-corrected chi connectivity index (χ0v) is 14.1. The molecule has 1 aromatic heterocycles. The zero-order chi connectivity index (χ0) is 18.5. The van der Waals surface area contributed by atoms with Crippen LogP contribution in [0, 0.1) is 11.3 Å². The highest BCUT2D eigenvalue weighted by atomic mass is 16.2. The number of aromatic nitrogens is 2. The molecule has 0 saturated heterocycles. The molecular weight excluding hydrogens is 328 g/mol. The normalized spacial score (nSPS) is 11.4. The minimum Gasteiger partial charge on any atom is -0.324 e. The number of nitrogens with zero attached hydrogens (tertiary/aromatic N) is 3. The quantitative estimate of drug-likeness (QED) is 0.788. The summed E-state index contributed by atoms with van der Waals surface area (Å²) >= 11 is 0.